The van der Waals surface area contributed by atoms with Gasteiger partial charge in [0.1, 0.15) is 5.75 Å². The number of aryl methyl sites for hydroxylation is 1. The predicted molar refractivity (Wildman–Crippen MR) is 85.6 cm³/mol. The second-order valence-corrected chi connectivity index (χ2v) is 6.04. The van der Waals surface area contributed by atoms with Crippen LogP contribution in [0.15, 0.2) is 18.2 Å². The van der Waals surface area contributed by atoms with Gasteiger partial charge in [0.2, 0.25) is 0 Å². The highest BCUT2D eigenvalue weighted by atomic mass is 16.5. The van der Waals surface area contributed by atoms with Gasteiger partial charge in [0.15, 0.2) is 0 Å². The number of rotatable bonds is 6. The molecule has 1 saturated carbocycles. The Morgan fingerprint density at radius 1 is 1.25 bits per heavy atom. The van der Waals surface area contributed by atoms with Crippen molar-refractivity contribution in [2.45, 2.75) is 51.9 Å². The molecule has 2 heteroatoms. The van der Waals surface area contributed by atoms with E-state index in [-0.39, 0.29) is 0 Å². The van der Waals surface area contributed by atoms with E-state index in [9.17, 15) is 0 Å². The second-order valence-electron chi connectivity index (χ2n) is 6.04. The number of methoxy groups -OCH3 is 1. The van der Waals surface area contributed by atoms with E-state index in [1.807, 2.05) is 0 Å². The zero-order valence-corrected chi connectivity index (χ0v) is 13.2. The molecule has 1 aliphatic carbocycles. The van der Waals surface area contributed by atoms with Crippen molar-refractivity contribution >= 4 is 0 Å². The minimum atomic E-state index is 0.629. The molecule has 1 aliphatic rings. The topological polar surface area (TPSA) is 21.3 Å². The summed E-state index contributed by atoms with van der Waals surface area (Å²) in [4.78, 5) is 0. The van der Waals surface area contributed by atoms with Gasteiger partial charge < -0.3 is 10.1 Å². The second kappa shape index (κ2) is 7.68. The van der Waals surface area contributed by atoms with E-state index in [1.165, 1.54) is 43.2 Å². The van der Waals surface area contributed by atoms with E-state index in [1.54, 1.807) is 7.11 Å². The summed E-state index contributed by atoms with van der Waals surface area (Å²) >= 11 is 0. The van der Waals surface area contributed by atoms with Gasteiger partial charge in [-0.15, -0.1) is 0 Å². The third-order valence-electron chi connectivity index (χ3n) is 4.69. The van der Waals surface area contributed by atoms with Gasteiger partial charge in [0.05, 0.1) is 7.11 Å². The normalized spacial score (nSPS) is 17.9. The fraction of sp³-hybridized carbons (Fsp3) is 0.667. The molecule has 2 rings (SSSR count). The number of hydrogen-bond donors (Lipinski definition) is 1. The maximum Gasteiger partial charge on any atom is 0.122 e. The Morgan fingerprint density at radius 2 is 2.00 bits per heavy atom. The molecule has 0 aromatic heterocycles. The molecule has 0 amide bonds. The smallest absolute Gasteiger partial charge is 0.122 e. The first kappa shape index (κ1) is 15.4. The van der Waals surface area contributed by atoms with Crippen LogP contribution in [-0.2, 0) is 0 Å². The number of likely N-dealkylation sites (N-methyl/N-ethyl adjacent to an activating group) is 1. The van der Waals surface area contributed by atoms with Crippen LogP contribution in [0.25, 0.3) is 0 Å². The first-order valence-corrected chi connectivity index (χ1v) is 8.11. The molecule has 1 aromatic carbocycles. The summed E-state index contributed by atoms with van der Waals surface area (Å²) in [6.07, 6.45) is 6.98. The summed E-state index contributed by atoms with van der Waals surface area (Å²) in [6, 6.07) is 6.76. The maximum atomic E-state index is 5.51. The van der Waals surface area contributed by atoms with Crippen LogP contribution in [0.3, 0.4) is 0 Å². The SMILES string of the molecule is CCNCC(c1ccc(C)c(OC)c1)C1CCCCC1. The van der Waals surface area contributed by atoms with E-state index in [0.717, 1.165) is 24.8 Å². The third kappa shape index (κ3) is 3.76. The number of hydrogen-bond acceptors (Lipinski definition) is 2. The predicted octanol–water partition coefficient (Wildman–Crippen LogP) is 4.28. The van der Waals surface area contributed by atoms with Crippen molar-refractivity contribution in [3.63, 3.8) is 0 Å². The van der Waals surface area contributed by atoms with Gasteiger partial charge in [-0.2, -0.15) is 0 Å². The lowest BCUT2D eigenvalue weighted by molar-refractivity contribution is 0.297. The monoisotopic (exact) mass is 275 g/mol. The van der Waals surface area contributed by atoms with Crippen molar-refractivity contribution in [3.05, 3.63) is 29.3 Å². The van der Waals surface area contributed by atoms with Crippen molar-refractivity contribution in [2.75, 3.05) is 20.2 Å². The number of nitrogens with one attached hydrogen (secondary N) is 1. The minimum absolute atomic E-state index is 0.629. The highest BCUT2D eigenvalue weighted by molar-refractivity contribution is 5.38. The minimum Gasteiger partial charge on any atom is -0.496 e. The summed E-state index contributed by atoms with van der Waals surface area (Å²) in [7, 11) is 1.77. The molecule has 0 bridgehead atoms. The standard InChI is InChI=1S/C18H29NO/c1-4-19-13-17(15-8-6-5-7-9-15)16-11-10-14(2)18(12-16)20-3/h10-12,15,17,19H,4-9,13H2,1-3H3. The fourth-order valence-electron chi connectivity index (χ4n) is 3.46. The van der Waals surface area contributed by atoms with Crippen LogP contribution in [-0.4, -0.2) is 20.2 Å². The zero-order valence-electron chi connectivity index (χ0n) is 13.2. The highest BCUT2D eigenvalue weighted by Crippen LogP contribution is 2.37. The summed E-state index contributed by atoms with van der Waals surface area (Å²) in [5.74, 6) is 2.49. The molecule has 1 N–H and O–H groups in total. The largest absolute Gasteiger partial charge is 0.496 e. The lowest BCUT2D eigenvalue weighted by Gasteiger charge is -2.31. The molecule has 1 atom stereocenters. The van der Waals surface area contributed by atoms with E-state index in [4.69, 9.17) is 4.74 Å². The Labute approximate surface area is 123 Å². The van der Waals surface area contributed by atoms with Gasteiger partial charge in [-0.3, -0.25) is 0 Å². The summed E-state index contributed by atoms with van der Waals surface area (Å²) < 4.78 is 5.51. The van der Waals surface area contributed by atoms with Crippen LogP contribution in [0, 0.1) is 12.8 Å². The molecule has 20 heavy (non-hydrogen) atoms. The number of benzene rings is 1. The Bertz CT molecular complexity index is 410. The summed E-state index contributed by atoms with van der Waals surface area (Å²) in [6.45, 7) is 6.44. The van der Waals surface area contributed by atoms with Gasteiger partial charge in [-0.25, -0.2) is 0 Å². The molecule has 1 unspecified atom stereocenters. The van der Waals surface area contributed by atoms with E-state index >= 15 is 0 Å². The molecule has 0 aliphatic heterocycles. The molecule has 0 spiro atoms. The molecule has 0 radical (unpaired) electrons. The maximum absolute atomic E-state index is 5.51. The third-order valence-corrected chi connectivity index (χ3v) is 4.69. The van der Waals surface area contributed by atoms with Crippen molar-refractivity contribution < 1.29 is 4.74 Å². The molecule has 2 nitrogen and oxygen atoms in total. The summed E-state index contributed by atoms with van der Waals surface area (Å²) in [5, 5.41) is 3.56. The quantitative estimate of drug-likeness (QED) is 0.837. The lowest BCUT2D eigenvalue weighted by atomic mass is 9.76. The van der Waals surface area contributed by atoms with Crippen LogP contribution in [0.2, 0.25) is 0 Å². The molecular weight excluding hydrogens is 246 g/mol. The first-order valence-electron chi connectivity index (χ1n) is 8.11. The van der Waals surface area contributed by atoms with E-state index < -0.39 is 0 Å². The van der Waals surface area contributed by atoms with Gasteiger partial charge >= 0.3 is 0 Å². The van der Waals surface area contributed by atoms with Crippen LogP contribution in [0.4, 0.5) is 0 Å². The highest BCUT2D eigenvalue weighted by Gasteiger charge is 2.25. The van der Waals surface area contributed by atoms with Crippen LogP contribution in [0.5, 0.6) is 5.75 Å². The number of ether oxygens (including phenoxy) is 1. The van der Waals surface area contributed by atoms with Gasteiger partial charge in [0, 0.05) is 6.54 Å². The van der Waals surface area contributed by atoms with E-state index in [0.29, 0.717) is 5.92 Å². The fourth-order valence-corrected chi connectivity index (χ4v) is 3.46. The Morgan fingerprint density at radius 3 is 2.65 bits per heavy atom. The molecule has 112 valence electrons. The van der Waals surface area contributed by atoms with Crippen LogP contribution < -0.4 is 10.1 Å². The van der Waals surface area contributed by atoms with Crippen molar-refractivity contribution in [1.29, 1.82) is 0 Å². The molecular formula is C18H29NO. The van der Waals surface area contributed by atoms with Crippen molar-refractivity contribution in [1.82, 2.24) is 5.32 Å². The zero-order chi connectivity index (χ0) is 14.4. The average Bonchev–Trinajstić information content (AvgIpc) is 2.50. The summed E-state index contributed by atoms with van der Waals surface area (Å²) in [5.41, 5.74) is 2.67. The molecule has 1 fully saturated rings. The molecule has 1 aromatic rings. The van der Waals surface area contributed by atoms with Crippen molar-refractivity contribution in [2.24, 2.45) is 5.92 Å². The van der Waals surface area contributed by atoms with Gasteiger partial charge in [0.25, 0.3) is 0 Å². The van der Waals surface area contributed by atoms with E-state index in [2.05, 4.69) is 37.4 Å². The Hall–Kier alpha value is -1.02. The van der Waals surface area contributed by atoms with Gasteiger partial charge in [-0.1, -0.05) is 38.3 Å². The molecule has 0 heterocycles. The first-order chi connectivity index (χ1) is 9.76. The average molecular weight is 275 g/mol. The van der Waals surface area contributed by atoms with Crippen molar-refractivity contribution in [3.8, 4) is 5.75 Å². The molecule has 0 saturated heterocycles. The van der Waals surface area contributed by atoms with Crippen LogP contribution >= 0.6 is 0 Å². The van der Waals surface area contributed by atoms with Gasteiger partial charge in [-0.05, 0) is 55.3 Å². The Balaban J connectivity index is 2.20. The lowest BCUT2D eigenvalue weighted by Crippen LogP contribution is -2.28. The Kier molecular flexibility index (Phi) is 5.90. The van der Waals surface area contributed by atoms with Crippen LogP contribution in [0.1, 0.15) is 56.1 Å².